The fraction of sp³-hybridized carbons (Fsp3) is 0.889. The van der Waals surface area contributed by atoms with Gasteiger partial charge >= 0.3 is 0 Å². The summed E-state index contributed by atoms with van der Waals surface area (Å²) < 4.78 is 0. The van der Waals surface area contributed by atoms with Crippen LogP contribution in [0.3, 0.4) is 0 Å². The number of nitrogens with one attached hydrogen (secondary N) is 6. The van der Waals surface area contributed by atoms with Gasteiger partial charge < -0.3 is 124 Å². The molecule has 0 aromatic heterocycles. The third-order valence-corrected chi connectivity index (χ3v) is 17.2. The molecule has 0 aromatic rings. The first-order chi connectivity index (χ1) is 40.4. The molecule has 0 aliphatic carbocycles. The van der Waals surface area contributed by atoms with Crippen LogP contribution in [0.4, 0.5) is 0 Å². The number of aliphatic hydroxyl groups excluding tert-OH is 18. The summed E-state index contributed by atoms with van der Waals surface area (Å²) in [7, 11) is 0. The zero-order valence-electron chi connectivity index (χ0n) is 49.4. The van der Waals surface area contributed by atoms with Crippen LogP contribution in [-0.4, -0.2) is 292 Å². The molecule has 0 aliphatic heterocycles. The summed E-state index contributed by atoms with van der Waals surface area (Å²) in [5.74, 6) is -15.6. The molecule has 0 rings (SSSR count). The Hall–Kier alpha value is -3.55. The Morgan fingerprint density at radius 1 is 0.365 bits per heavy atom. The molecule has 0 saturated carbocycles. The number of hydrogen-bond donors (Lipinski definition) is 24. The van der Waals surface area contributed by atoms with Crippen molar-refractivity contribution < 1.29 is 121 Å². The second kappa shape index (κ2) is 42.4. The quantitative estimate of drug-likeness (QED) is 0.0252. The van der Waals surface area contributed by atoms with Gasteiger partial charge in [0.1, 0.15) is 22.2 Å². The summed E-state index contributed by atoms with van der Waals surface area (Å²) in [6, 6.07) is 0. The molecule has 6 atom stereocenters. The van der Waals surface area contributed by atoms with E-state index in [1.807, 2.05) is 0 Å². The Balaban J connectivity index is 8.83. The van der Waals surface area contributed by atoms with Crippen LogP contribution >= 0.6 is 11.8 Å². The maximum absolute atomic E-state index is 15.1. The van der Waals surface area contributed by atoms with Crippen molar-refractivity contribution in [3.05, 3.63) is 0 Å². The van der Waals surface area contributed by atoms with Crippen molar-refractivity contribution in [2.24, 2.45) is 35.0 Å². The lowest BCUT2D eigenvalue weighted by Crippen LogP contribution is -2.61. The van der Waals surface area contributed by atoms with Crippen molar-refractivity contribution >= 4 is 47.2 Å². The van der Waals surface area contributed by atoms with E-state index in [1.54, 1.807) is 0 Å². The highest BCUT2D eigenvalue weighted by Crippen LogP contribution is 2.35. The summed E-state index contributed by atoms with van der Waals surface area (Å²) in [5, 5.41) is 198. The van der Waals surface area contributed by atoms with Crippen LogP contribution in [-0.2, 0) is 28.8 Å². The van der Waals surface area contributed by atoms with Crippen molar-refractivity contribution in [1.82, 2.24) is 31.9 Å². The molecule has 0 radical (unpaired) electrons. The van der Waals surface area contributed by atoms with Crippen LogP contribution in [0.5, 0.6) is 0 Å². The number of hydrogen-bond acceptors (Lipinski definition) is 25. The first kappa shape index (κ1) is 81.5. The second-order valence-corrected chi connectivity index (χ2v) is 24.1. The highest BCUT2D eigenvalue weighted by Gasteiger charge is 2.46. The minimum Gasteiger partial charge on any atom is -0.396 e. The van der Waals surface area contributed by atoms with Crippen molar-refractivity contribution in [3.63, 3.8) is 0 Å². The first-order valence-corrected chi connectivity index (χ1v) is 29.9. The molecule has 0 spiro atoms. The molecule has 0 heterocycles. The topological polar surface area (TPSA) is 539 Å². The molecule has 0 bridgehead atoms. The van der Waals surface area contributed by atoms with E-state index in [4.69, 9.17) is 0 Å². The lowest BCUT2D eigenvalue weighted by molar-refractivity contribution is -0.137. The molecule has 0 aliphatic rings. The molecule has 500 valence electrons. The van der Waals surface area contributed by atoms with Gasteiger partial charge in [-0.15, -0.1) is 11.8 Å². The molecule has 24 N–H and O–H groups in total. The SMILES string of the molecule is CCCCCCCCCCCSC(C(=O)NC(CO)(CO)CCO)C(CC(CC(CC(CC(C)C(=O)NC(CO)(CO)CO)C(=O)NC(CO)(CO)CO)C(=O)NC(CO)(CO)CO)C(=O)NC(CO)(CO)CO)C(=O)NCC(CO)(CO)CO. The van der Waals surface area contributed by atoms with Crippen LogP contribution < -0.4 is 31.9 Å². The van der Waals surface area contributed by atoms with E-state index in [1.165, 1.54) is 6.92 Å². The van der Waals surface area contributed by atoms with Gasteiger partial charge in [-0.05, 0) is 44.3 Å². The van der Waals surface area contributed by atoms with Crippen molar-refractivity contribution in [3.8, 4) is 0 Å². The minimum atomic E-state index is -2.26. The maximum Gasteiger partial charge on any atom is 0.234 e. The summed E-state index contributed by atoms with van der Waals surface area (Å²) in [6.45, 7) is -15.7. The molecular formula is C54H104N6O24S. The largest absolute Gasteiger partial charge is 0.396 e. The van der Waals surface area contributed by atoms with Gasteiger partial charge in [-0.25, -0.2) is 0 Å². The smallest absolute Gasteiger partial charge is 0.234 e. The molecule has 0 fully saturated rings. The molecule has 6 amide bonds. The van der Waals surface area contributed by atoms with Crippen molar-refractivity contribution in [1.29, 1.82) is 0 Å². The Morgan fingerprint density at radius 2 is 0.682 bits per heavy atom. The van der Waals surface area contributed by atoms with E-state index in [0.29, 0.717) is 12.8 Å². The summed E-state index contributed by atoms with van der Waals surface area (Å²) in [4.78, 5) is 88.4. The number of amides is 6. The second-order valence-electron chi connectivity index (χ2n) is 22.9. The van der Waals surface area contributed by atoms with Crippen LogP contribution in [0.25, 0.3) is 0 Å². The zero-order valence-corrected chi connectivity index (χ0v) is 50.2. The van der Waals surface area contributed by atoms with Crippen LogP contribution in [0.1, 0.15) is 104 Å². The van der Waals surface area contributed by atoms with Crippen LogP contribution in [0.15, 0.2) is 0 Å². The molecule has 31 heteroatoms. The molecule has 30 nitrogen and oxygen atoms in total. The van der Waals surface area contributed by atoms with E-state index in [9.17, 15) is 111 Å². The van der Waals surface area contributed by atoms with Gasteiger partial charge in [0.25, 0.3) is 0 Å². The predicted octanol–water partition coefficient (Wildman–Crippen LogP) is -8.09. The van der Waals surface area contributed by atoms with Gasteiger partial charge in [-0.3, -0.25) is 28.8 Å². The zero-order chi connectivity index (χ0) is 64.9. The summed E-state index contributed by atoms with van der Waals surface area (Å²) in [5.41, 5.74) is -12.4. The standard InChI is InChI=1S/C54H104N6O24S/c1-3-4-5-6-7-8-9-10-11-14-85-42(48(84)60-50(23-65,24-66)12-13-61)41(47(83)55-19-49(20-62,21-63)22-64)18-40(46(82)59-54(34-76,35-77)36-78)17-39(45(81)58-53(31-73,32-74)33-75)16-38(44(80)57-52(28-70,29-71)30-72)15-37(2)43(79)56-51(25-67,26-68)27-69/h37-42,61-78H,3-36H2,1-2H3,(H,55,83)(H,56,79)(H,57,80)(H,58,81)(H,59,82)(H,60,84). The van der Waals surface area contributed by atoms with Gasteiger partial charge in [-0.1, -0.05) is 65.2 Å². The minimum absolute atomic E-state index is 0.127. The van der Waals surface area contributed by atoms with Crippen LogP contribution in [0.2, 0.25) is 0 Å². The Labute approximate surface area is 501 Å². The van der Waals surface area contributed by atoms with Gasteiger partial charge in [0.05, 0.1) is 134 Å². The number of carbonyl (C=O) groups is 6. The van der Waals surface area contributed by atoms with Crippen molar-refractivity contribution in [2.75, 3.05) is 131 Å². The molecule has 85 heavy (non-hydrogen) atoms. The van der Waals surface area contributed by atoms with Gasteiger partial charge in [0.2, 0.25) is 35.4 Å². The maximum atomic E-state index is 15.1. The highest BCUT2D eigenvalue weighted by molar-refractivity contribution is 8.00. The lowest BCUT2D eigenvalue weighted by atomic mass is 9.78. The average Bonchev–Trinajstić information content (AvgIpc) is 3.71. The monoisotopic (exact) mass is 1250 g/mol. The number of aliphatic hydroxyl groups is 18. The van der Waals surface area contributed by atoms with E-state index in [-0.39, 0.29) is 5.75 Å². The summed E-state index contributed by atoms with van der Waals surface area (Å²) in [6.07, 6.45) is 4.20. The normalized spacial score (nSPS) is 14.8. The fourth-order valence-corrected chi connectivity index (χ4v) is 10.3. The van der Waals surface area contributed by atoms with E-state index in [0.717, 1.165) is 56.7 Å². The first-order valence-electron chi connectivity index (χ1n) is 28.9. The Bertz CT molecular complexity index is 1850. The average molecular weight is 1250 g/mol. The predicted molar refractivity (Wildman–Crippen MR) is 307 cm³/mol. The van der Waals surface area contributed by atoms with Crippen LogP contribution in [0, 0.1) is 35.0 Å². The molecule has 0 aromatic carbocycles. The highest BCUT2D eigenvalue weighted by atomic mass is 32.2. The van der Waals surface area contributed by atoms with E-state index >= 15 is 9.59 Å². The lowest BCUT2D eigenvalue weighted by Gasteiger charge is -2.37. The number of thioether (sulfide) groups is 1. The fourth-order valence-electron chi connectivity index (χ4n) is 8.99. The number of unbranched alkanes of at least 4 members (excludes halogenated alkanes) is 8. The number of carbonyl (C=O) groups excluding carboxylic acids is 6. The third-order valence-electron chi connectivity index (χ3n) is 15.8. The van der Waals surface area contributed by atoms with E-state index in [2.05, 4.69) is 38.8 Å². The molecular weight excluding hydrogens is 1150 g/mol. The number of rotatable bonds is 52. The molecule has 6 unspecified atom stereocenters. The Kier molecular flexibility index (Phi) is 40.6. The van der Waals surface area contributed by atoms with Gasteiger partial charge in [0.15, 0.2) is 0 Å². The molecule has 0 saturated heterocycles. The van der Waals surface area contributed by atoms with E-state index < -0.39 is 261 Å². The Morgan fingerprint density at radius 3 is 1.02 bits per heavy atom. The van der Waals surface area contributed by atoms with Gasteiger partial charge in [-0.2, -0.15) is 0 Å². The van der Waals surface area contributed by atoms with Crippen molar-refractivity contribution in [2.45, 2.75) is 137 Å². The van der Waals surface area contributed by atoms with Gasteiger partial charge in [0, 0.05) is 36.8 Å². The summed E-state index contributed by atoms with van der Waals surface area (Å²) >= 11 is 0.878. The third kappa shape index (κ3) is 25.8.